The average Bonchev–Trinajstić information content (AvgIpc) is 3.25. The van der Waals surface area contributed by atoms with Crippen molar-refractivity contribution in [2.75, 3.05) is 0 Å². The fourth-order valence-corrected chi connectivity index (χ4v) is 10.4. The molecule has 3 aromatic rings. The number of fused-ring (bicyclic) bond motifs is 6. The van der Waals surface area contributed by atoms with Gasteiger partial charge in [-0.1, -0.05) is 100 Å². The Morgan fingerprint density at radius 3 is 1.72 bits per heavy atom. The van der Waals surface area contributed by atoms with E-state index >= 15 is 0 Å². The quantitative estimate of drug-likeness (QED) is 0.329. The molecular formula is C34H44OSi. The highest BCUT2D eigenvalue weighted by molar-refractivity contribution is 6.91. The summed E-state index contributed by atoms with van der Waals surface area (Å²) in [5.41, 5.74) is 9.29. The highest BCUT2D eigenvalue weighted by Gasteiger charge is 2.48. The summed E-state index contributed by atoms with van der Waals surface area (Å²) < 4.78 is 6.86. The molecule has 0 heterocycles. The van der Waals surface area contributed by atoms with Crippen molar-refractivity contribution in [3.05, 3.63) is 82.9 Å². The van der Waals surface area contributed by atoms with Crippen LogP contribution in [-0.2, 0) is 5.41 Å². The first-order valence-electron chi connectivity index (χ1n) is 13.8. The van der Waals surface area contributed by atoms with Crippen LogP contribution < -0.4 is 9.92 Å². The van der Waals surface area contributed by atoms with Crippen molar-refractivity contribution < 1.29 is 4.74 Å². The second-order valence-electron chi connectivity index (χ2n) is 13.9. The number of benzene rings is 3. The third-order valence-electron chi connectivity index (χ3n) is 8.74. The molecule has 1 saturated carbocycles. The van der Waals surface area contributed by atoms with Gasteiger partial charge in [0.25, 0.3) is 0 Å². The van der Waals surface area contributed by atoms with E-state index in [1.807, 2.05) is 0 Å². The number of ether oxygens (including phenoxy) is 1. The maximum absolute atomic E-state index is 6.86. The van der Waals surface area contributed by atoms with Gasteiger partial charge in [-0.25, -0.2) is 0 Å². The van der Waals surface area contributed by atoms with Gasteiger partial charge in [-0.3, -0.25) is 0 Å². The van der Waals surface area contributed by atoms with E-state index < -0.39 is 8.07 Å². The molecule has 190 valence electrons. The zero-order valence-corrected chi connectivity index (χ0v) is 24.8. The Hall–Kier alpha value is -2.32. The summed E-state index contributed by atoms with van der Waals surface area (Å²) >= 11 is 0. The fraction of sp³-hybridized carbons (Fsp3) is 0.471. The van der Waals surface area contributed by atoms with Crippen LogP contribution in [0.2, 0.25) is 18.6 Å². The average molecular weight is 497 g/mol. The van der Waals surface area contributed by atoms with E-state index in [2.05, 4.69) is 122 Å². The van der Waals surface area contributed by atoms with Crippen molar-refractivity contribution in [1.29, 1.82) is 0 Å². The molecule has 36 heavy (non-hydrogen) atoms. The molecule has 2 unspecified atom stereocenters. The van der Waals surface area contributed by atoms with Crippen molar-refractivity contribution in [2.24, 2.45) is 0 Å². The van der Waals surface area contributed by atoms with E-state index in [1.165, 1.54) is 46.0 Å². The van der Waals surface area contributed by atoms with Crippen molar-refractivity contribution >= 4 is 13.3 Å². The maximum Gasteiger partial charge on any atom is 0.123 e. The van der Waals surface area contributed by atoms with Crippen LogP contribution in [0.5, 0.6) is 5.75 Å². The molecule has 2 heteroatoms. The molecule has 0 saturated heterocycles. The van der Waals surface area contributed by atoms with E-state index in [4.69, 9.17) is 4.74 Å². The van der Waals surface area contributed by atoms with Crippen molar-refractivity contribution in [3.8, 4) is 16.9 Å². The van der Waals surface area contributed by atoms with Crippen LogP contribution >= 0.6 is 0 Å². The molecule has 3 aromatic carbocycles. The monoisotopic (exact) mass is 496 g/mol. The topological polar surface area (TPSA) is 9.23 Å². The van der Waals surface area contributed by atoms with Gasteiger partial charge in [0.15, 0.2) is 0 Å². The Bertz CT molecular complexity index is 1230. The number of rotatable bonds is 3. The smallest absolute Gasteiger partial charge is 0.123 e. The van der Waals surface area contributed by atoms with Gasteiger partial charge >= 0.3 is 0 Å². The van der Waals surface area contributed by atoms with Gasteiger partial charge in [-0.15, -0.1) is 0 Å². The summed E-state index contributed by atoms with van der Waals surface area (Å²) in [5.74, 6) is 2.41. The largest absolute Gasteiger partial charge is 0.488 e. The fourth-order valence-electron chi connectivity index (χ4n) is 6.89. The molecule has 0 N–H and O–H groups in total. The molecule has 5 rings (SSSR count). The number of hydrogen-bond donors (Lipinski definition) is 0. The van der Waals surface area contributed by atoms with Crippen molar-refractivity contribution in [1.82, 2.24) is 0 Å². The summed E-state index contributed by atoms with van der Waals surface area (Å²) in [6.07, 6.45) is 2.56. The lowest BCUT2D eigenvalue weighted by molar-refractivity contribution is 0.129. The Labute approximate surface area is 220 Å². The van der Waals surface area contributed by atoms with Crippen LogP contribution in [0.1, 0.15) is 88.5 Å². The second-order valence-corrected chi connectivity index (χ2v) is 18.7. The van der Waals surface area contributed by atoms with Crippen molar-refractivity contribution in [2.45, 2.75) is 103 Å². The molecule has 0 spiro atoms. The molecular weight excluding hydrogens is 452 g/mol. The normalized spacial score (nSPS) is 21.5. The Morgan fingerprint density at radius 2 is 1.25 bits per heavy atom. The molecule has 0 aliphatic heterocycles. The minimum absolute atomic E-state index is 0.0351. The summed E-state index contributed by atoms with van der Waals surface area (Å²) in [5, 5.41) is 1.52. The molecule has 0 bridgehead atoms. The summed E-state index contributed by atoms with van der Waals surface area (Å²) in [4.78, 5) is 0. The zero-order chi connectivity index (χ0) is 26.0. The first-order chi connectivity index (χ1) is 16.8. The Kier molecular flexibility index (Phi) is 6.07. The lowest BCUT2D eigenvalue weighted by Gasteiger charge is -2.37. The first kappa shape index (κ1) is 25.3. The van der Waals surface area contributed by atoms with Gasteiger partial charge < -0.3 is 4.74 Å². The predicted octanol–water partition coefficient (Wildman–Crippen LogP) is 9.10. The van der Waals surface area contributed by atoms with Gasteiger partial charge in [0.05, 0.1) is 8.07 Å². The van der Waals surface area contributed by atoms with Crippen LogP contribution in [0, 0.1) is 6.92 Å². The minimum atomic E-state index is -1.89. The Morgan fingerprint density at radius 1 is 0.750 bits per heavy atom. The third-order valence-corrected chi connectivity index (χ3v) is 13.0. The van der Waals surface area contributed by atoms with E-state index in [9.17, 15) is 0 Å². The van der Waals surface area contributed by atoms with Crippen LogP contribution in [0.4, 0.5) is 0 Å². The SMILES string of the molecule is Cc1cc(C(C)(C)C)c(OC(C)(C)C)c([Si](C)(C)C2CC3c4ccccc4-c4ccccc4C3C2)c1. The minimum Gasteiger partial charge on any atom is -0.488 e. The summed E-state index contributed by atoms with van der Waals surface area (Å²) in [6, 6.07) is 23.2. The lowest BCUT2D eigenvalue weighted by Crippen LogP contribution is -2.48. The molecule has 2 aliphatic rings. The first-order valence-corrected chi connectivity index (χ1v) is 16.9. The number of aryl methyl sites for hydroxylation is 1. The molecule has 1 nitrogen and oxygen atoms in total. The highest BCUT2D eigenvalue weighted by Crippen LogP contribution is 2.60. The van der Waals surface area contributed by atoms with E-state index in [-0.39, 0.29) is 11.0 Å². The molecule has 0 radical (unpaired) electrons. The maximum atomic E-state index is 6.86. The number of hydrogen-bond acceptors (Lipinski definition) is 1. The van der Waals surface area contributed by atoms with Crippen LogP contribution in [0.25, 0.3) is 11.1 Å². The van der Waals surface area contributed by atoms with Gasteiger partial charge in [-0.05, 0) is 96.3 Å². The van der Waals surface area contributed by atoms with Gasteiger partial charge in [-0.2, -0.15) is 0 Å². The predicted molar refractivity (Wildman–Crippen MR) is 158 cm³/mol. The van der Waals surface area contributed by atoms with Crippen LogP contribution in [-0.4, -0.2) is 13.7 Å². The van der Waals surface area contributed by atoms with E-state index in [0.717, 1.165) is 0 Å². The van der Waals surface area contributed by atoms with Crippen LogP contribution in [0.15, 0.2) is 60.7 Å². The highest BCUT2D eigenvalue weighted by atomic mass is 28.3. The molecule has 2 atom stereocenters. The molecule has 0 aromatic heterocycles. The van der Waals surface area contributed by atoms with Gasteiger partial charge in [0, 0.05) is 0 Å². The Balaban J connectivity index is 1.62. The van der Waals surface area contributed by atoms with Gasteiger partial charge in [0.1, 0.15) is 11.4 Å². The molecule has 2 aliphatic carbocycles. The summed E-state index contributed by atoms with van der Waals surface area (Å²) in [6.45, 7) is 21.0. The second kappa shape index (κ2) is 8.62. The summed E-state index contributed by atoms with van der Waals surface area (Å²) in [7, 11) is -1.89. The van der Waals surface area contributed by atoms with Crippen LogP contribution in [0.3, 0.4) is 0 Å². The van der Waals surface area contributed by atoms with E-state index in [0.29, 0.717) is 17.4 Å². The van der Waals surface area contributed by atoms with Crippen molar-refractivity contribution in [3.63, 3.8) is 0 Å². The molecule has 1 fully saturated rings. The standard InChI is InChI=1S/C34H44OSi/c1-22-18-30(33(2,3)4)32(35-34(5,6)7)31(19-22)36(8,9)23-20-28-26-16-12-10-14-24(26)25-15-11-13-17-27(25)29(28)21-23/h10-19,23,28-29H,20-21H2,1-9H3. The lowest BCUT2D eigenvalue weighted by atomic mass is 9.73. The zero-order valence-electron chi connectivity index (χ0n) is 23.8. The van der Waals surface area contributed by atoms with E-state index in [1.54, 1.807) is 11.1 Å². The van der Waals surface area contributed by atoms with Gasteiger partial charge in [0.2, 0.25) is 0 Å². The molecule has 0 amide bonds. The third kappa shape index (κ3) is 4.36.